The van der Waals surface area contributed by atoms with Crippen molar-refractivity contribution in [2.24, 2.45) is 17.3 Å². The van der Waals surface area contributed by atoms with E-state index in [2.05, 4.69) is 12.2 Å². The molecule has 0 aromatic rings. The molecule has 0 radical (unpaired) electrons. The van der Waals surface area contributed by atoms with E-state index in [-0.39, 0.29) is 17.4 Å². The van der Waals surface area contributed by atoms with Gasteiger partial charge in [-0.3, -0.25) is 4.79 Å². The van der Waals surface area contributed by atoms with Gasteiger partial charge in [-0.15, -0.1) is 0 Å². The van der Waals surface area contributed by atoms with Crippen LogP contribution in [0.2, 0.25) is 0 Å². The van der Waals surface area contributed by atoms with Crippen molar-refractivity contribution in [3.05, 3.63) is 0 Å². The van der Waals surface area contributed by atoms with Gasteiger partial charge in [0, 0.05) is 12.0 Å². The zero-order chi connectivity index (χ0) is 16.9. The van der Waals surface area contributed by atoms with E-state index in [1.807, 2.05) is 13.8 Å². The van der Waals surface area contributed by atoms with Crippen molar-refractivity contribution in [2.75, 3.05) is 13.2 Å². The summed E-state index contributed by atoms with van der Waals surface area (Å²) < 4.78 is 5.97. The van der Waals surface area contributed by atoms with Crippen LogP contribution in [0.3, 0.4) is 0 Å². The van der Waals surface area contributed by atoms with Crippen LogP contribution in [0.25, 0.3) is 0 Å². The van der Waals surface area contributed by atoms with Gasteiger partial charge in [0.15, 0.2) is 0 Å². The second-order valence-corrected chi connectivity index (χ2v) is 8.15. The lowest BCUT2D eigenvalue weighted by atomic mass is 9.70. The SMILES string of the molecule is C[C@@H]1CCCC[C@H]1OCCNC(=O)C(C)(C)C1CCC(O)CC1. The van der Waals surface area contributed by atoms with Crippen molar-refractivity contribution < 1.29 is 14.6 Å². The summed E-state index contributed by atoms with van der Waals surface area (Å²) in [6, 6.07) is 0. The molecule has 2 aliphatic carbocycles. The topological polar surface area (TPSA) is 58.6 Å². The van der Waals surface area contributed by atoms with E-state index in [1.165, 1.54) is 19.3 Å². The van der Waals surface area contributed by atoms with Gasteiger partial charge in [-0.1, -0.05) is 33.6 Å². The minimum Gasteiger partial charge on any atom is -0.393 e. The Bertz CT molecular complexity index is 375. The van der Waals surface area contributed by atoms with Crippen LogP contribution < -0.4 is 5.32 Å². The van der Waals surface area contributed by atoms with Crippen LogP contribution in [0.15, 0.2) is 0 Å². The molecule has 0 bridgehead atoms. The number of hydrogen-bond donors (Lipinski definition) is 2. The summed E-state index contributed by atoms with van der Waals surface area (Å²) in [6.45, 7) is 7.55. The predicted molar refractivity (Wildman–Crippen MR) is 92.1 cm³/mol. The summed E-state index contributed by atoms with van der Waals surface area (Å²) in [6.07, 6.45) is 8.74. The molecule has 4 heteroatoms. The number of carbonyl (C=O) groups excluding carboxylic acids is 1. The van der Waals surface area contributed by atoms with Crippen molar-refractivity contribution in [3.63, 3.8) is 0 Å². The molecule has 0 heterocycles. The van der Waals surface area contributed by atoms with Crippen LogP contribution in [0.4, 0.5) is 0 Å². The Balaban J connectivity index is 1.69. The number of carbonyl (C=O) groups is 1. The van der Waals surface area contributed by atoms with Gasteiger partial charge in [-0.2, -0.15) is 0 Å². The molecule has 0 saturated heterocycles. The van der Waals surface area contributed by atoms with E-state index in [9.17, 15) is 9.90 Å². The number of aliphatic hydroxyl groups is 1. The van der Waals surface area contributed by atoms with Crippen molar-refractivity contribution >= 4 is 5.91 Å². The molecule has 2 saturated carbocycles. The Morgan fingerprint density at radius 1 is 1.13 bits per heavy atom. The first-order valence-electron chi connectivity index (χ1n) is 9.49. The molecule has 2 aliphatic rings. The van der Waals surface area contributed by atoms with Gasteiger partial charge in [0.05, 0.1) is 18.8 Å². The average Bonchev–Trinajstić information content (AvgIpc) is 2.53. The third-order valence-electron chi connectivity index (χ3n) is 6.05. The second kappa shape index (κ2) is 8.48. The number of ether oxygens (including phenoxy) is 1. The van der Waals surface area contributed by atoms with Gasteiger partial charge in [0.1, 0.15) is 0 Å². The monoisotopic (exact) mass is 325 g/mol. The summed E-state index contributed by atoms with van der Waals surface area (Å²) >= 11 is 0. The minimum absolute atomic E-state index is 0.124. The molecule has 1 amide bonds. The highest BCUT2D eigenvalue weighted by molar-refractivity contribution is 5.82. The van der Waals surface area contributed by atoms with Gasteiger partial charge >= 0.3 is 0 Å². The number of amides is 1. The normalized spacial score (nSPS) is 32.5. The van der Waals surface area contributed by atoms with Crippen LogP contribution in [0, 0.1) is 17.3 Å². The lowest BCUT2D eigenvalue weighted by molar-refractivity contribution is -0.133. The molecule has 0 spiro atoms. The summed E-state index contributed by atoms with van der Waals surface area (Å²) in [5.41, 5.74) is -0.363. The van der Waals surface area contributed by atoms with Gasteiger partial charge < -0.3 is 15.2 Å². The zero-order valence-corrected chi connectivity index (χ0v) is 15.1. The first-order chi connectivity index (χ1) is 10.9. The molecule has 0 aliphatic heterocycles. The maximum atomic E-state index is 12.5. The number of aliphatic hydroxyl groups excluding tert-OH is 1. The molecule has 134 valence electrons. The summed E-state index contributed by atoms with van der Waals surface area (Å²) in [4.78, 5) is 12.5. The lowest BCUT2D eigenvalue weighted by Crippen LogP contribution is -2.44. The smallest absolute Gasteiger partial charge is 0.226 e. The highest BCUT2D eigenvalue weighted by atomic mass is 16.5. The van der Waals surface area contributed by atoms with Crippen molar-refractivity contribution in [3.8, 4) is 0 Å². The van der Waals surface area contributed by atoms with Gasteiger partial charge in [0.25, 0.3) is 0 Å². The highest BCUT2D eigenvalue weighted by Crippen LogP contribution is 2.38. The van der Waals surface area contributed by atoms with E-state index < -0.39 is 0 Å². The third kappa shape index (κ3) is 5.18. The van der Waals surface area contributed by atoms with Gasteiger partial charge in [-0.05, 0) is 50.4 Å². The first kappa shape index (κ1) is 18.7. The summed E-state index contributed by atoms with van der Waals surface area (Å²) in [7, 11) is 0. The van der Waals surface area contributed by atoms with Crippen molar-refractivity contribution in [2.45, 2.75) is 84.3 Å². The molecule has 23 heavy (non-hydrogen) atoms. The van der Waals surface area contributed by atoms with E-state index in [4.69, 9.17) is 4.74 Å². The van der Waals surface area contributed by atoms with Crippen molar-refractivity contribution in [1.82, 2.24) is 5.32 Å². The molecule has 0 aromatic heterocycles. The number of rotatable bonds is 6. The average molecular weight is 325 g/mol. The van der Waals surface area contributed by atoms with Gasteiger partial charge in [-0.25, -0.2) is 0 Å². The molecule has 2 rings (SSSR count). The maximum Gasteiger partial charge on any atom is 0.226 e. The molecule has 0 aromatic carbocycles. The fourth-order valence-electron chi connectivity index (χ4n) is 4.12. The highest BCUT2D eigenvalue weighted by Gasteiger charge is 2.38. The zero-order valence-electron chi connectivity index (χ0n) is 15.1. The van der Waals surface area contributed by atoms with E-state index >= 15 is 0 Å². The minimum atomic E-state index is -0.363. The van der Waals surface area contributed by atoms with Crippen LogP contribution >= 0.6 is 0 Å². The van der Waals surface area contributed by atoms with Crippen LogP contribution in [0.1, 0.15) is 72.1 Å². The molecule has 2 fully saturated rings. The fourth-order valence-corrected chi connectivity index (χ4v) is 4.12. The second-order valence-electron chi connectivity index (χ2n) is 8.15. The Morgan fingerprint density at radius 2 is 1.78 bits per heavy atom. The largest absolute Gasteiger partial charge is 0.393 e. The van der Waals surface area contributed by atoms with Gasteiger partial charge in [0.2, 0.25) is 5.91 Å². The molecule has 4 nitrogen and oxygen atoms in total. The Morgan fingerprint density at radius 3 is 2.43 bits per heavy atom. The van der Waals surface area contributed by atoms with Crippen LogP contribution in [-0.4, -0.2) is 36.4 Å². The Kier molecular flexibility index (Phi) is 6.90. The molecule has 0 unspecified atom stereocenters. The van der Waals surface area contributed by atoms with Crippen LogP contribution in [0.5, 0.6) is 0 Å². The quantitative estimate of drug-likeness (QED) is 0.737. The van der Waals surface area contributed by atoms with E-state index in [0.717, 1.165) is 32.1 Å². The molecule has 2 N–H and O–H groups in total. The number of hydrogen-bond acceptors (Lipinski definition) is 3. The lowest BCUT2D eigenvalue weighted by Gasteiger charge is -2.37. The van der Waals surface area contributed by atoms with Crippen LogP contribution in [-0.2, 0) is 9.53 Å². The maximum absolute atomic E-state index is 12.5. The Labute approximate surface area is 141 Å². The van der Waals surface area contributed by atoms with E-state index in [0.29, 0.717) is 31.1 Å². The Hall–Kier alpha value is -0.610. The number of nitrogens with one attached hydrogen (secondary N) is 1. The predicted octanol–water partition coefficient (Wildman–Crippen LogP) is 3.28. The molecular weight excluding hydrogens is 290 g/mol. The molecule has 2 atom stereocenters. The van der Waals surface area contributed by atoms with E-state index in [1.54, 1.807) is 0 Å². The summed E-state index contributed by atoms with van der Waals surface area (Å²) in [5.74, 6) is 1.13. The molecular formula is C19H35NO3. The van der Waals surface area contributed by atoms with Crippen molar-refractivity contribution in [1.29, 1.82) is 0 Å². The standard InChI is InChI=1S/C19H35NO3/c1-14-6-4-5-7-17(14)23-13-12-20-18(22)19(2,3)15-8-10-16(21)11-9-15/h14-17,21H,4-13H2,1-3H3,(H,20,22)/t14-,15?,16?,17-/m1/s1. The first-order valence-corrected chi connectivity index (χ1v) is 9.49. The third-order valence-corrected chi connectivity index (χ3v) is 6.05. The fraction of sp³-hybridized carbons (Fsp3) is 0.947. The summed E-state index contributed by atoms with van der Waals surface area (Å²) in [5, 5.41) is 12.7.